The van der Waals surface area contributed by atoms with Gasteiger partial charge in [0.2, 0.25) is 0 Å². The molecule has 94 valence electrons. The first kappa shape index (κ1) is 11.2. The largest absolute Gasteiger partial charge is 0.478 e. The third kappa shape index (κ3) is 1.76. The van der Waals surface area contributed by atoms with Crippen molar-refractivity contribution in [3.63, 3.8) is 0 Å². The minimum absolute atomic E-state index is 0.0614. The Balaban J connectivity index is 2.16. The summed E-state index contributed by atoms with van der Waals surface area (Å²) in [5.74, 6) is 0.500. The predicted octanol–water partition coefficient (Wildman–Crippen LogP) is 1.60. The second kappa shape index (κ2) is 4.10. The summed E-state index contributed by atoms with van der Waals surface area (Å²) in [4.78, 5) is 15.5. The molecule has 0 saturated heterocycles. The zero-order chi connectivity index (χ0) is 12.7. The van der Waals surface area contributed by atoms with Crippen molar-refractivity contribution in [1.82, 2.24) is 9.55 Å². The molecule has 1 saturated carbocycles. The first-order chi connectivity index (χ1) is 8.70. The second-order valence-corrected chi connectivity index (χ2v) is 4.63. The summed E-state index contributed by atoms with van der Waals surface area (Å²) in [5, 5.41) is 18.1. The monoisotopic (exact) mass is 246 g/mol. The van der Waals surface area contributed by atoms with Gasteiger partial charge in [0.1, 0.15) is 5.82 Å². The molecule has 5 nitrogen and oxygen atoms in total. The van der Waals surface area contributed by atoms with Crippen molar-refractivity contribution in [3.8, 4) is 0 Å². The van der Waals surface area contributed by atoms with Crippen molar-refractivity contribution in [2.45, 2.75) is 25.3 Å². The average Bonchev–Trinajstić information content (AvgIpc) is 3.13. The molecular formula is C13H14N2O3. The SMILES string of the molecule is O=C(O)c1ccc2c(c1)nc(C1CC1)n2CCO. The molecule has 1 fully saturated rings. The highest BCUT2D eigenvalue weighted by molar-refractivity contribution is 5.92. The summed E-state index contributed by atoms with van der Waals surface area (Å²) < 4.78 is 2.00. The Hall–Kier alpha value is -1.88. The van der Waals surface area contributed by atoms with Crippen molar-refractivity contribution >= 4 is 17.0 Å². The van der Waals surface area contributed by atoms with Crippen LogP contribution in [0.25, 0.3) is 11.0 Å². The number of rotatable bonds is 4. The smallest absolute Gasteiger partial charge is 0.335 e. The van der Waals surface area contributed by atoms with Gasteiger partial charge < -0.3 is 14.8 Å². The number of hydrogen-bond acceptors (Lipinski definition) is 3. The number of aromatic carboxylic acids is 1. The van der Waals surface area contributed by atoms with E-state index >= 15 is 0 Å². The maximum absolute atomic E-state index is 10.9. The van der Waals surface area contributed by atoms with E-state index in [0.29, 0.717) is 18.0 Å². The molecular weight excluding hydrogens is 232 g/mol. The number of carboxylic acid groups (broad SMARTS) is 1. The molecule has 0 atom stereocenters. The third-order valence-electron chi connectivity index (χ3n) is 3.29. The van der Waals surface area contributed by atoms with E-state index < -0.39 is 5.97 Å². The molecule has 1 aliphatic rings. The van der Waals surface area contributed by atoms with Crippen LogP contribution in [0.2, 0.25) is 0 Å². The first-order valence-electron chi connectivity index (χ1n) is 6.05. The minimum atomic E-state index is -0.943. The van der Waals surface area contributed by atoms with Crippen LogP contribution >= 0.6 is 0 Å². The van der Waals surface area contributed by atoms with Crippen LogP contribution in [0.5, 0.6) is 0 Å². The number of hydrogen-bond donors (Lipinski definition) is 2. The average molecular weight is 246 g/mol. The van der Waals surface area contributed by atoms with Crippen LogP contribution in [0.15, 0.2) is 18.2 Å². The Morgan fingerprint density at radius 2 is 2.22 bits per heavy atom. The summed E-state index contributed by atoms with van der Waals surface area (Å²) in [6.07, 6.45) is 2.25. The highest BCUT2D eigenvalue weighted by Gasteiger charge is 2.29. The van der Waals surface area contributed by atoms with E-state index in [9.17, 15) is 4.79 Å². The lowest BCUT2D eigenvalue weighted by atomic mass is 10.2. The van der Waals surface area contributed by atoms with Crippen LogP contribution in [-0.4, -0.2) is 32.3 Å². The van der Waals surface area contributed by atoms with Crippen molar-refractivity contribution < 1.29 is 15.0 Å². The van der Waals surface area contributed by atoms with E-state index in [-0.39, 0.29) is 12.2 Å². The third-order valence-corrected chi connectivity index (χ3v) is 3.29. The molecule has 0 spiro atoms. The van der Waals surface area contributed by atoms with Gasteiger partial charge in [0.15, 0.2) is 0 Å². The normalized spacial score (nSPS) is 15.2. The summed E-state index contributed by atoms with van der Waals surface area (Å²) in [6.45, 7) is 0.570. The van der Waals surface area contributed by atoms with Crippen molar-refractivity contribution in [3.05, 3.63) is 29.6 Å². The molecule has 2 N–H and O–H groups in total. The highest BCUT2D eigenvalue weighted by Crippen LogP contribution is 2.40. The Morgan fingerprint density at radius 3 is 2.83 bits per heavy atom. The van der Waals surface area contributed by atoms with Crippen LogP contribution in [0.3, 0.4) is 0 Å². The molecule has 1 aliphatic carbocycles. The van der Waals surface area contributed by atoms with Crippen LogP contribution in [0.4, 0.5) is 0 Å². The van der Waals surface area contributed by atoms with Gasteiger partial charge in [-0.1, -0.05) is 0 Å². The van der Waals surface area contributed by atoms with Gasteiger partial charge in [0.25, 0.3) is 0 Å². The molecule has 3 rings (SSSR count). The number of imidazole rings is 1. The number of aromatic nitrogens is 2. The Kier molecular flexibility index (Phi) is 2.56. The fraction of sp³-hybridized carbons (Fsp3) is 0.385. The predicted molar refractivity (Wildman–Crippen MR) is 65.8 cm³/mol. The minimum Gasteiger partial charge on any atom is -0.478 e. The van der Waals surface area contributed by atoms with E-state index in [1.807, 2.05) is 4.57 Å². The lowest BCUT2D eigenvalue weighted by molar-refractivity contribution is 0.0697. The van der Waals surface area contributed by atoms with Gasteiger partial charge >= 0.3 is 5.97 Å². The summed E-state index contributed by atoms with van der Waals surface area (Å²) in [5.41, 5.74) is 1.85. The number of carboxylic acids is 1. The molecule has 0 unspecified atom stereocenters. The van der Waals surface area contributed by atoms with Crippen LogP contribution < -0.4 is 0 Å². The molecule has 0 bridgehead atoms. The van der Waals surface area contributed by atoms with E-state index in [0.717, 1.165) is 24.2 Å². The molecule has 1 heterocycles. The second-order valence-electron chi connectivity index (χ2n) is 4.63. The molecule has 1 aromatic heterocycles. The molecule has 0 radical (unpaired) electrons. The number of carbonyl (C=O) groups is 1. The Bertz CT molecular complexity index is 614. The highest BCUT2D eigenvalue weighted by atomic mass is 16.4. The maximum Gasteiger partial charge on any atom is 0.335 e. The van der Waals surface area contributed by atoms with E-state index in [4.69, 9.17) is 10.2 Å². The van der Waals surface area contributed by atoms with Crippen LogP contribution in [0, 0.1) is 0 Å². The first-order valence-corrected chi connectivity index (χ1v) is 6.05. The number of nitrogens with zero attached hydrogens (tertiary/aromatic N) is 2. The van der Waals surface area contributed by atoms with Gasteiger partial charge in [0.05, 0.1) is 23.2 Å². The summed E-state index contributed by atoms with van der Waals surface area (Å²) in [6, 6.07) is 4.95. The van der Waals surface area contributed by atoms with E-state index in [1.54, 1.807) is 18.2 Å². The molecule has 5 heteroatoms. The van der Waals surface area contributed by atoms with Gasteiger partial charge in [0, 0.05) is 12.5 Å². The molecule has 0 aliphatic heterocycles. The molecule has 0 amide bonds. The lowest BCUT2D eigenvalue weighted by Gasteiger charge is -2.05. The maximum atomic E-state index is 10.9. The number of aliphatic hydroxyl groups is 1. The topological polar surface area (TPSA) is 75.3 Å². The number of aliphatic hydroxyl groups excluding tert-OH is 1. The Morgan fingerprint density at radius 1 is 1.44 bits per heavy atom. The van der Waals surface area contributed by atoms with Crippen molar-refractivity contribution in [2.75, 3.05) is 6.61 Å². The van der Waals surface area contributed by atoms with E-state index in [1.165, 1.54) is 0 Å². The summed E-state index contributed by atoms with van der Waals surface area (Å²) in [7, 11) is 0. The van der Waals surface area contributed by atoms with Gasteiger partial charge in [-0.3, -0.25) is 0 Å². The van der Waals surface area contributed by atoms with Crippen molar-refractivity contribution in [2.24, 2.45) is 0 Å². The van der Waals surface area contributed by atoms with Gasteiger partial charge in [-0.25, -0.2) is 9.78 Å². The standard InChI is InChI=1S/C13H14N2O3/c16-6-5-15-11-4-3-9(13(17)18)7-10(11)14-12(15)8-1-2-8/h3-4,7-8,16H,1-2,5-6H2,(H,17,18). The quantitative estimate of drug-likeness (QED) is 0.859. The van der Waals surface area contributed by atoms with Crippen LogP contribution in [-0.2, 0) is 6.54 Å². The zero-order valence-electron chi connectivity index (χ0n) is 9.83. The molecule has 1 aromatic carbocycles. The zero-order valence-corrected chi connectivity index (χ0v) is 9.83. The number of benzene rings is 1. The van der Waals surface area contributed by atoms with Gasteiger partial charge in [-0.15, -0.1) is 0 Å². The molecule has 18 heavy (non-hydrogen) atoms. The fourth-order valence-electron chi connectivity index (χ4n) is 2.27. The lowest BCUT2D eigenvalue weighted by Crippen LogP contribution is -2.06. The number of fused-ring (bicyclic) bond motifs is 1. The Labute approximate surface area is 104 Å². The van der Waals surface area contributed by atoms with Gasteiger partial charge in [-0.2, -0.15) is 0 Å². The van der Waals surface area contributed by atoms with E-state index in [2.05, 4.69) is 4.98 Å². The molecule has 2 aromatic rings. The summed E-state index contributed by atoms with van der Waals surface area (Å²) >= 11 is 0. The fourth-order valence-corrected chi connectivity index (χ4v) is 2.27. The van der Waals surface area contributed by atoms with Crippen molar-refractivity contribution in [1.29, 1.82) is 0 Å². The van der Waals surface area contributed by atoms with Crippen LogP contribution in [0.1, 0.15) is 34.9 Å². The van der Waals surface area contributed by atoms with Gasteiger partial charge in [-0.05, 0) is 31.0 Å².